The lowest BCUT2D eigenvalue weighted by Crippen LogP contribution is -2.48. The van der Waals surface area contributed by atoms with E-state index in [1.165, 1.54) is 0 Å². The number of rotatable bonds is 6. The molecule has 0 saturated carbocycles. The summed E-state index contributed by atoms with van der Waals surface area (Å²) >= 11 is 3.38. The van der Waals surface area contributed by atoms with Crippen molar-refractivity contribution >= 4 is 33.4 Å². The molecule has 1 aliphatic heterocycles. The molecule has 132 valence electrons. The van der Waals surface area contributed by atoms with E-state index < -0.39 is 5.41 Å². The molecule has 2 amide bonds. The van der Waals surface area contributed by atoms with Crippen molar-refractivity contribution < 1.29 is 14.3 Å². The Bertz CT molecular complexity index is 586. The number of benzene rings is 1. The van der Waals surface area contributed by atoms with Gasteiger partial charge in [0.05, 0.1) is 18.9 Å². The average Bonchev–Trinajstić information content (AvgIpc) is 2.57. The third-order valence-corrected chi connectivity index (χ3v) is 4.77. The van der Waals surface area contributed by atoms with E-state index in [1.807, 2.05) is 18.2 Å². The second-order valence-corrected chi connectivity index (χ2v) is 7.12. The van der Waals surface area contributed by atoms with Crippen molar-refractivity contribution in [1.29, 1.82) is 0 Å². The quantitative estimate of drug-likeness (QED) is 0.718. The van der Waals surface area contributed by atoms with Crippen LogP contribution in [0.15, 0.2) is 28.7 Å². The number of para-hydroxylation sites is 1. The molecule has 1 heterocycles. The summed E-state index contributed by atoms with van der Waals surface area (Å²) in [7, 11) is 0. The summed E-state index contributed by atoms with van der Waals surface area (Å²) in [6, 6.07) is 7.32. The number of hydrogen-bond acceptors (Lipinski definition) is 4. The molecular formula is C17H24BrN3O3. The standard InChI is InChI=1S/C17H24BrN3O3/c1-17(2,16(23)20-14-6-4-3-5-13(14)18)15(22)19-7-8-21-9-11-24-12-10-21/h3-6H,7-12H2,1-2H3,(H,19,22)(H,20,23). The maximum absolute atomic E-state index is 12.5. The van der Waals surface area contributed by atoms with Gasteiger partial charge in [-0.25, -0.2) is 0 Å². The van der Waals surface area contributed by atoms with E-state index in [2.05, 4.69) is 31.5 Å². The Balaban J connectivity index is 1.84. The second kappa shape index (κ2) is 8.60. The van der Waals surface area contributed by atoms with Gasteiger partial charge in [-0.1, -0.05) is 12.1 Å². The Morgan fingerprint density at radius 2 is 1.88 bits per heavy atom. The molecule has 24 heavy (non-hydrogen) atoms. The lowest BCUT2D eigenvalue weighted by molar-refractivity contribution is -0.138. The maximum Gasteiger partial charge on any atom is 0.239 e. The van der Waals surface area contributed by atoms with Crippen LogP contribution in [0.5, 0.6) is 0 Å². The second-order valence-electron chi connectivity index (χ2n) is 6.27. The molecule has 0 aromatic heterocycles. The van der Waals surface area contributed by atoms with Crippen LogP contribution in [-0.2, 0) is 14.3 Å². The van der Waals surface area contributed by atoms with Gasteiger partial charge >= 0.3 is 0 Å². The van der Waals surface area contributed by atoms with Gasteiger partial charge in [0, 0.05) is 30.7 Å². The number of ether oxygens (including phenoxy) is 1. The number of amides is 2. The minimum atomic E-state index is -1.15. The SMILES string of the molecule is CC(C)(C(=O)NCCN1CCOCC1)C(=O)Nc1ccccc1Br. The Kier molecular flexibility index (Phi) is 6.77. The topological polar surface area (TPSA) is 70.7 Å². The van der Waals surface area contributed by atoms with Crippen LogP contribution in [0.4, 0.5) is 5.69 Å². The molecule has 0 atom stereocenters. The predicted octanol–water partition coefficient (Wildman–Crippen LogP) is 1.86. The molecule has 1 fully saturated rings. The summed E-state index contributed by atoms with van der Waals surface area (Å²) in [4.78, 5) is 27.1. The van der Waals surface area contributed by atoms with Gasteiger partial charge in [-0.05, 0) is 41.9 Å². The zero-order valence-corrected chi connectivity index (χ0v) is 15.7. The van der Waals surface area contributed by atoms with E-state index in [1.54, 1.807) is 19.9 Å². The van der Waals surface area contributed by atoms with Crippen LogP contribution in [0.25, 0.3) is 0 Å². The fraction of sp³-hybridized carbons (Fsp3) is 0.529. The number of nitrogens with one attached hydrogen (secondary N) is 2. The number of carbonyl (C=O) groups excluding carboxylic acids is 2. The lowest BCUT2D eigenvalue weighted by Gasteiger charge is -2.27. The first kappa shape index (κ1) is 18.9. The number of morpholine rings is 1. The zero-order chi connectivity index (χ0) is 17.6. The monoisotopic (exact) mass is 397 g/mol. The van der Waals surface area contributed by atoms with Crippen LogP contribution in [0.1, 0.15) is 13.8 Å². The molecule has 0 bridgehead atoms. The Morgan fingerprint density at radius 3 is 2.54 bits per heavy atom. The summed E-state index contributed by atoms with van der Waals surface area (Å²) in [5, 5.41) is 5.66. The summed E-state index contributed by atoms with van der Waals surface area (Å²) in [6.45, 7) is 7.75. The van der Waals surface area contributed by atoms with Gasteiger partial charge in [-0.15, -0.1) is 0 Å². The smallest absolute Gasteiger partial charge is 0.239 e. The molecule has 0 unspecified atom stereocenters. The molecule has 1 saturated heterocycles. The van der Waals surface area contributed by atoms with E-state index in [9.17, 15) is 9.59 Å². The molecule has 7 heteroatoms. The van der Waals surface area contributed by atoms with Gasteiger partial charge < -0.3 is 15.4 Å². The fourth-order valence-electron chi connectivity index (χ4n) is 2.32. The average molecular weight is 398 g/mol. The van der Waals surface area contributed by atoms with Crippen LogP contribution >= 0.6 is 15.9 Å². The molecule has 6 nitrogen and oxygen atoms in total. The Labute approximate surface area is 151 Å². The predicted molar refractivity (Wildman–Crippen MR) is 96.8 cm³/mol. The minimum absolute atomic E-state index is 0.277. The molecule has 1 aliphatic rings. The van der Waals surface area contributed by atoms with Crippen LogP contribution < -0.4 is 10.6 Å². The largest absolute Gasteiger partial charge is 0.379 e. The number of anilines is 1. The van der Waals surface area contributed by atoms with E-state index in [-0.39, 0.29) is 11.8 Å². The van der Waals surface area contributed by atoms with Gasteiger partial charge in [-0.3, -0.25) is 14.5 Å². The fourth-order valence-corrected chi connectivity index (χ4v) is 2.70. The normalized spacial score (nSPS) is 15.8. The minimum Gasteiger partial charge on any atom is -0.379 e. The Hall–Kier alpha value is -1.44. The zero-order valence-electron chi connectivity index (χ0n) is 14.1. The van der Waals surface area contributed by atoms with Crippen LogP contribution in [-0.4, -0.2) is 56.1 Å². The first-order valence-electron chi connectivity index (χ1n) is 8.05. The van der Waals surface area contributed by atoms with Crippen molar-refractivity contribution in [3.63, 3.8) is 0 Å². The van der Waals surface area contributed by atoms with Gasteiger partial charge in [0.15, 0.2) is 0 Å². The third-order valence-electron chi connectivity index (χ3n) is 4.07. The molecular weight excluding hydrogens is 374 g/mol. The van der Waals surface area contributed by atoms with Crippen LogP contribution in [0, 0.1) is 5.41 Å². The summed E-state index contributed by atoms with van der Waals surface area (Å²) in [5.41, 5.74) is -0.503. The van der Waals surface area contributed by atoms with E-state index >= 15 is 0 Å². The van der Waals surface area contributed by atoms with Gasteiger partial charge in [0.25, 0.3) is 0 Å². The van der Waals surface area contributed by atoms with E-state index in [0.29, 0.717) is 12.2 Å². The first-order chi connectivity index (χ1) is 11.4. The molecule has 1 aromatic rings. The number of halogens is 1. The highest BCUT2D eigenvalue weighted by Crippen LogP contribution is 2.24. The highest BCUT2D eigenvalue weighted by Gasteiger charge is 2.36. The van der Waals surface area contributed by atoms with Crippen molar-refractivity contribution in [3.8, 4) is 0 Å². The van der Waals surface area contributed by atoms with E-state index in [0.717, 1.165) is 37.3 Å². The third kappa shape index (κ3) is 5.03. The first-order valence-corrected chi connectivity index (χ1v) is 8.85. The Morgan fingerprint density at radius 1 is 1.21 bits per heavy atom. The van der Waals surface area contributed by atoms with Crippen LogP contribution in [0.3, 0.4) is 0 Å². The van der Waals surface area contributed by atoms with Crippen molar-refractivity contribution in [1.82, 2.24) is 10.2 Å². The molecule has 0 radical (unpaired) electrons. The van der Waals surface area contributed by atoms with Crippen molar-refractivity contribution in [2.75, 3.05) is 44.7 Å². The highest BCUT2D eigenvalue weighted by molar-refractivity contribution is 9.10. The molecule has 0 spiro atoms. The molecule has 1 aromatic carbocycles. The number of nitrogens with zero attached hydrogens (tertiary/aromatic N) is 1. The molecule has 2 N–H and O–H groups in total. The van der Waals surface area contributed by atoms with Crippen molar-refractivity contribution in [2.24, 2.45) is 5.41 Å². The molecule has 0 aliphatic carbocycles. The lowest BCUT2D eigenvalue weighted by atomic mass is 9.91. The van der Waals surface area contributed by atoms with Crippen molar-refractivity contribution in [3.05, 3.63) is 28.7 Å². The van der Waals surface area contributed by atoms with Gasteiger partial charge in [-0.2, -0.15) is 0 Å². The van der Waals surface area contributed by atoms with Gasteiger partial charge in [0.2, 0.25) is 11.8 Å². The summed E-state index contributed by atoms with van der Waals surface area (Å²) < 4.78 is 6.07. The summed E-state index contributed by atoms with van der Waals surface area (Å²) in [6.07, 6.45) is 0. The number of hydrogen-bond donors (Lipinski definition) is 2. The highest BCUT2D eigenvalue weighted by atomic mass is 79.9. The molecule has 2 rings (SSSR count). The van der Waals surface area contributed by atoms with Crippen molar-refractivity contribution in [2.45, 2.75) is 13.8 Å². The summed E-state index contributed by atoms with van der Waals surface area (Å²) in [5.74, 6) is -0.612. The van der Waals surface area contributed by atoms with Crippen LogP contribution in [0.2, 0.25) is 0 Å². The van der Waals surface area contributed by atoms with E-state index in [4.69, 9.17) is 4.74 Å². The van der Waals surface area contributed by atoms with Gasteiger partial charge in [0.1, 0.15) is 5.41 Å². The maximum atomic E-state index is 12.5. The number of carbonyl (C=O) groups is 2.